The zero-order valence-corrected chi connectivity index (χ0v) is 9.88. The Morgan fingerprint density at radius 2 is 2.12 bits per heavy atom. The van der Waals surface area contributed by atoms with Crippen LogP contribution in [0.5, 0.6) is 0 Å². The molecule has 0 spiro atoms. The fraction of sp³-hybridized carbons (Fsp3) is 0.0833. The van der Waals surface area contributed by atoms with E-state index in [0.717, 1.165) is 11.4 Å². The van der Waals surface area contributed by atoms with Gasteiger partial charge in [-0.3, -0.25) is 0 Å². The Hall–Kier alpha value is -2.37. The zero-order valence-electron chi connectivity index (χ0n) is 9.06. The Bertz CT molecular complexity index is 631. The van der Waals surface area contributed by atoms with Crippen LogP contribution in [0.4, 0.5) is 10.7 Å². The van der Waals surface area contributed by atoms with Crippen molar-refractivity contribution in [2.45, 2.75) is 6.92 Å². The Kier molecular flexibility index (Phi) is 3.04. The molecule has 82 valence electrons. The molecule has 0 saturated heterocycles. The van der Waals surface area contributed by atoms with Crippen molar-refractivity contribution in [1.29, 1.82) is 10.5 Å². The molecule has 0 unspecified atom stereocenters. The molecule has 2 aromatic rings. The number of benzene rings is 1. The van der Waals surface area contributed by atoms with E-state index >= 15 is 0 Å². The van der Waals surface area contributed by atoms with Crippen molar-refractivity contribution >= 4 is 22.2 Å². The summed E-state index contributed by atoms with van der Waals surface area (Å²) in [5.74, 6) is 0. The number of rotatable bonds is 2. The Labute approximate surface area is 103 Å². The van der Waals surface area contributed by atoms with E-state index < -0.39 is 0 Å². The van der Waals surface area contributed by atoms with Gasteiger partial charge >= 0.3 is 0 Å². The molecule has 1 N–H and O–H groups in total. The zero-order chi connectivity index (χ0) is 12.3. The molecule has 0 bridgehead atoms. The average Bonchev–Trinajstić information content (AvgIpc) is 2.70. The van der Waals surface area contributed by atoms with Crippen molar-refractivity contribution in [3.05, 3.63) is 41.1 Å². The third-order valence-corrected chi connectivity index (χ3v) is 3.08. The molecule has 0 aliphatic heterocycles. The fourth-order valence-electron chi connectivity index (χ4n) is 1.38. The topological polar surface area (TPSA) is 72.5 Å². The second kappa shape index (κ2) is 4.65. The van der Waals surface area contributed by atoms with E-state index in [2.05, 4.69) is 21.8 Å². The van der Waals surface area contributed by atoms with Gasteiger partial charge in [-0.05, 0) is 36.7 Å². The monoisotopic (exact) mass is 240 g/mol. The molecule has 5 heteroatoms. The molecule has 1 heterocycles. The first-order valence-corrected chi connectivity index (χ1v) is 5.65. The first-order valence-electron chi connectivity index (χ1n) is 4.88. The highest BCUT2D eigenvalue weighted by Gasteiger charge is 2.09. The molecule has 0 atom stereocenters. The number of aryl methyl sites for hydroxylation is 1. The molecular weight excluding hydrogens is 232 g/mol. The average molecular weight is 240 g/mol. The second-order valence-electron chi connectivity index (χ2n) is 3.40. The van der Waals surface area contributed by atoms with E-state index in [9.17, 15) is 0 Å². The van der Waals surface area contributed by atoms with Crippen molar-refractivity contribution in [3.8, 4) is 12.1 Å². The van der Waals surface area contributed by atoms with Crippen LogP contribution >= 0.6 is 11.5 Å². The van der Waals surface area contributed by atoms with Gasteiger partial charge in [0.15, 0.2) is 0 Å². The molecule has 2 rings (SSSR count). The van der Waals surface area contributed by atoms with Crippen molar-refractivity contribution in [2.24, 2.45) is 0 Å². The third kappa shape index (κ3) is 2.25. The maximum absolute atomic E-state index is 8.99. The van der Waals surface area contributed by atoms with E-state index in [0.29, 0.717) is 16.1 Å². The summed E-state index contributed by atoms with van der Waals surface area (Å²) in [6.45, 7) is 1.80. The summed E-state index contributed by atoms with van der Waals surface area (Å²) in [6.07, 6.45) is 0. The maximum atomic E-state index is 8.99. The summed E-state index contributed by atoms with van der Waals surface area (Å²) in [4.78, 5) is 0. The Balaban J connectivity index is 2.32. The molecule has 1 aromatic carbocycles. The number of nitrogens with one attached hydrogen (secondary N) is 1. The lowest BCUT2D eigenvalue weighted by Gasteiger charge is -2.03. The predicted molar refractivity (Wildman–Crippen MR) is 66.0 cm³/mol. The second-order valence-corrected chi connectivity index (χ2v) is 4.17. The van der Waals surface area contributed by atoms with Gasteiger partial charge in [-0.1, -0.05) is 6.07 Å². The number of anilines is 2. The third-order valence-electron chi connectivity index (χ3n) is 2.22. The Morgan fingerprint density at radius 1 is 1.29 bits per heavy atom. The summed E-state index contributed by atoms with van der Waals surface area (Å²) >= 11 is 1.24. The number of nitriles is 2. The normalized spacial score (nSPS) is 9.35. The summed E-state index contributed by atoms with van der Waals surface area (Å²) in [6, 6.07) is 11.3. The van der Waals surface area contributed by atoms with E-state index in [-0.39, 0.29) is 0 Å². The lowest BCUT2D eigenvalue weighted by molar-refractivity contribution is 1.31. The quantitative estimate of drug-likeness (QED) is 0.875. The van der Waals surface area contributed by atoms with Gasteiger partial charge in [-0.2, -0.15) is 14.9 Å². The molecule has 0 aliphatic rings. The van der Waals surface area contributed by atoms with Crippen LogP contribution in [-0.4, -0.2) is 4.37 Å². The highest BCUT2D eigenvalue weighted by molar-refractivity contribution is 7.10. The van der Waals surface area contributed by atoms with Gasteiger partial charge in [0, 0.05) is 5.69 Å². The standard InChI is InChI=1S/C12H8N4S/c1-8-11(7-14)12(17-16-8)15-10-4-2-3-9(5-10)6-13/h2-5,15H,1H3. The number of aromatic nitrogens is 1. The van der Waals surface area contributed by atoms with Gasteiger partial charge in [0.2, 0.25) is 0 Å². The van der Waals surface area contributed by atoms with Crippen LogP contribution in [0.15, 0.2) is 24.3 Å². The van der Waals surface area contributed by atoms with Gasteiger partial charge in [0.25, 0.3) is 0 Å². The number of nitrogens with zero attached hydrogens (tertiary/aromatic N) is 3. The van der Waals surface area contributed by atoms with Gasteiger partial charge < -0.3 is 5.32 Å². The minimum absolute atomic E-state index is 0.553. The molecular formula is C12H8N4S. The molecule has 1 aromatic heterocycles. The van der Waals surface area contributed by atoms with Crippen LogP contribution in [0, 0.1) is 29.6 Å². The minimum Gasteiger partial charge on any atom is -0.345 e. The molecule has 0 radical (unpaired) electrons. The Morgan fingerprint density at radius 3 is 2.82 bits per heavy atom. The van der Waals surface area contributed by atoms with Crippen LogP contribution in [0.2, 0.25) is 0 Å². The van der Waals surface area contributed by atoms with Crippen LogP contribution in [0.3, 0.4) is 0 Å². The summed E-state index contributed by atoms with van der Waals surface area (Å²) < 4.78 is 4.12. The number of hydrogen-bond donors (Lipinski definition) is 1. The molecule has 0 saturated carbocycles. The SMILES string of the molecule is Cc1nsc(Nc2cccc(C#N)c2)c1C#N. The number of hydrogen-bond acceptors (Lipinski definition) is 5. The van der Waals surface area contributed by atoms with Crippen LogP contribution in [-0.2, 0) is 0 Å². The van der Waals surface area contributed by atoms with E-state index in [1.807, 2.05) is 6.07 Å². The van der Waals surface area contributed by atoms with Crippen molar-refractivity contribution in [1.82, 2.24) is 4.37 Å². The van der Waals surface area contributed by atoms with Gasteiger partial charge in [-0.15, -0.1) is 0 Å². The predicted octanol–water partition coefficient (Wildman–Crippen LogP) is 2.94. The molecule has 17 heavy (non-hydrogen) atoms. The van der Waals surface area contributed by atoms with Gasteiger partial charge in [0.1, 0.15) is 16.6 Å². The van der Waals surface area contributed by atoms with Gasteiger partial charge in [-0.25, -0.2) is 0 Å². The largest absolute Gasteiger partial charge is 0.345 e. The van der Waals surface area contributed by atoms with Crippen molar-refractivity contribution in [3.63, 3.8) is 0 Å². The molecule has 0 aliphatic carbocycles. The smallest absolute Gasteiger partial charge is 0.132 e. The van der Waals surface area contributed by atoms with E-state index in [1.54, 1.807) is 25.1 Å². The maximum Gasteiger partial charge on any atom is 0.132 e. The van der Waals surface area contributed by atoms with Crippen LogP contribution < -0.4 is 5.32 Å². The fourth-order valence-corrected chi connectivity index (χ4v) is 2.15. The van der Waals surface area contributed by atoms with Crippen molar-refractivity contribution < 1.29 is 0 Å². The molecule has 0 amide bonds. The lowest BCUT2D eigenvalue weighted by Crippen LogP contribution is -1.90. The van der Waals surface area contributed by atoms with Crippen LogP contribution in [0.1, 0.15) is 16.8 Å². The molecule has 4 nitrogen and oxygen atoms in total. The highest BCUT2D eigenvalue weighted by atomic mass is 32.1. The summed E-state index contributed by atoms with van der Waals surface area (Å²) in [5.41, 5.74) is 2.63. The van der Waals surface area contributed by atoms with Crippen molar-refractivity contribution in [2.75, 3.05) is 5.32 Å². The van der Waals surface area contributed by atoms with E-state index in [4.69, 9.17) is 10.5 Å². The minimum atomic E-state index is 0.553. The summed E-state index contributed by atoms with van der Waals surface area (Å²) in [5, 5.41) is 21.6. The summed E-state index contributed by atoms with van der Waals surface area (Å²) in [7, 11) is 0. The van der Waals surface area contributed by atoms with Gasteiger partial charge in [0.05, 0.1) is 17.3 Å². The highest BCUT2D eigenvalue weighted by Crippen LogP contribution is 2.27. The van der Waals surface area contributed by atoms with E-state index in [1.165, 1.54) is 11.5 Å². The lowest BCUT2D eigenvalue weighted by atomic mass is 10.2. The van der Waals surface area contributed by atoms with Crippen LogP contribution in [0.25, 0.3) is 0 Å². The molecule has 0 fully saturated rings. The first kappa shape index (κ1) is 11.1. The first-order chi connectivity index (χ1) is 8.24.